The number of aromatic nitrogens is 1. The van der Waals surface area contributed by atoms with E-state index in [4.69, 9.17) is 9.26 Å². The number of nitrogens with one attached hydrogen (secondary N) is 1. The van der Waals surface area contributed by atoms with Crippen LogP contribution in [0.15, 0.2) is 22.7 Å². The summed E-state index contributed by atoms with van der Waals surface area (Å²) in [5.74, 6) is -1.47. The Bertz CT molecular complexity index is 894. The number of hydrogen-bond donors (Lipinski definition) is 1. The van der Waals surface area contributed by atoms with Gasteiger partial charge in [0.2, 0.25) is 0 Å². The van der Waals surface area contributed by atoms with Crippen molar-refractivity contribution in [3.05, 3.63) is 35.2 Å². The first-order chi connectivity index (χ1) is 12.7. The molecule has 0 radical (unpaired) electrons. The van der Waals surface area contributed by atoms with Crippen LogP contribution in [0.4, 0.5) is 14.5 Å². The fourth-order valence-electron chi connectivity index (χ4n) is 2.46. The van der Waals surface area contributed by atoms with E-state index in [1.165, 1.54) is 18.2 Å². The lowest BCUT2D eigenvalue weighted by molar-refractivity contribution is -0.286. The number of hydrogen-bond acceptors (Lipinski definition) is 7. The highest BCUT2D eigenvalue weighted by Crippen LogP contribution is 2.42. The zero-order valence-corrected chi connectivity index (χ0v) is 14.7. The molecular formula is C17H16F2N2O6. The Hall–Kier alpha value is -3.17. The van der Waals surface area contributed by atoms with Gasteiger partial charge in [-0.1, -0.05) is 19.0 Å². The Balaban J connectivity index is 1.60. The maximum absolute atomic E-state index is 13.0. The number of ether oxygens (including phenoxy) is 3. The van der Waals surface area contributed by atoms with Crippen LogP contribution < -0.4 is 14.8 Å². The van der Waals surface area contributed by atoms with Crippen LogP contribution in [-0.2, 0) is 9.53 Å². The third-order valence-corrected chi connectivity index (χ3v) is 3.64. The maximum Gasteiger partial charge on any atom is 0.586 e. The molecule has 0 saturated carbocycles. The van der Waals surface area contributed by atoms with Crippen molar-refractivity contribution in [2.75, 3.05) is 11.9 Å². The predicted molar refractivity (Wildman–Crippen MR) is 86.9 cm³/mol. The molecular weight excluding hydrogens is 366 g/mol. The summed E-state index contributed by atoms with van der Waals surface area (Å²) >= 11 is 0. The van der Waals surface area contributed by atoms with Gasteiger partial charge in [-0.3, -0.25) is 4.79 Å². The molecule has 0 atom stereocenters. The number of carbonyl (C=O) groups excluding carboxylic acids is 2. The number of esters is 1. The molecule has 1 aromatic carbocycles. The molecule has 0 bridgehead atoms. The molecule has 0 aliphatic carbocycles. The van der Waals surface area contributed by atoms with Gasteiger partial charge in [0.25, 0.3) is 5.91 Å². The molecule has 0 fully saturated rings. The molecule has 1 aliphatic rings. The number of benzene rings is 1. The highest BCUT2D eigenvalue weighted by Gasteiger charge is 2.43. The number of aryl methyl sites for hydroxylation is 1. The summed E-state index contributed by atoms with van der Waals surface area (Å²) in [6, 6.07) is 3.76. The van der Waals surface area contributed by atoms with E-state index in [0.717, 1.165) is 0 Å². The molecule has 144 valence electrons. The Morgan fingerprint density at radius 3 is 2.67 bits per heavy atom. The van der Waals surface area contributed by atoms with Crippen LogP contribution in [0.2, 0.25) is 0 Å². The number of carbonyl (C=O) groups is 2. The van der Waals surface area contributed by atoms with Crippen LogP contribution in [0.1, 0.15) is 41.6 Å². The molecule has 0 spiro atoms. The van der Waals surface area contributed by atoms with Crippen molar-refractivity contribution in [3.63, 3.8) is 0 Å². The van der Waals surface area contributed by atoms with Crippen molar-refractivity contribution in [1.82, 2.24) is 5.16 Å². The Kier molecular flexibility index (Phi) is 4.73. The smallest absolute Gasteiger partial charge is 0.452 e. The summed E-state index contributed by atoms with van der Waals surface area (Å²) in [6.07, 6.45) is -3.74. The van der Waals surface area contributed by atoms with Gasteiger partial charge >= 0.3 is 12.3 Å². The third-order valence-electron chi connectivity index (χ3n) is 3.64. The first-order valence-corrected chi connectivity index (χ1v) is 7.99. The van der Waals surface area contributed by atoms with E-state index in [9.17, 15) is 18.4 Å². The van der Waals surface area contributed by atoms with Crippen LogP contribution in [0.5, 0.6) is 11.5 Å². The number of amides is 1. The van der Waals surface area contributed by atoms with E-state index in [2.05, 4.69) is 19.9 Å². The normalized spacial score (nSPS) is 14.3. The molecule has 10 heteroatoms. The second kappa shape index (κ2) is 6.86. The second-order valence-electron chi connectivity index (χ2n) is 6.12. The van der Waals surface area contributed by atoms with E-state index >= 15 is 0 Å². The number of rotatable bonds is 5. The lowest BCUT2D eigenvalue weighted by Gasteiger charge is -2.08. The lowest BCUT2D eigenvalue weighted by Crippen LogP contribution is -2.25. The molecule has 27 heavy (non-hydrogen) atoms. The molecule has 0 saturated heterocycles. The molecule has 1 aromatic heterocycles. The summed E-state index contributed by atoms with van der Waals surface area (Å²) in [5, 5.41) is 6.15. The van der Waals surface area contributed by atoms with Gasteiger partial charge in [-0.15, -0.1) is 8.78 Å². The third kappa shape index (κ3) is 3.99. The van der Waals surface area contributed by atoms with Crippen LogP contribution in [0, 0.1) is 6.92 Å². The number of anilines is 1. The molecule has 2 aromatic rings. The zero-order valence-electron chi connectivity index (χ0n) is 14.7. The Labute approximate surface area is 152 Å². The van der Waals surface area contributed by atoms with Crippen molar-refractivity contribution < 1.29 is 37.1 Å². The summed E-state index contributed by atoms with van der Waals surface area (Å²) < 4.78 is 44.6. The molecule has 0 unspecified atom stereocenters. The van der Waals surface area contributed by atoms with Gasteiger partial charge in [-0.2, -0.15) is 0 Å². The van der Waals surface area contributed by atoms with Crippen molar-refractivity contribution in [2.24, 2.45) is 0 Å². The van der Waals surface area contributed by atoms with Crippen LogP contribution in [0.25, 0.3) is 0 Å². The van der Waals surface area contributed by atoms with Crippen LogP contribution in [-0.4, -0.2) is 29.9 Å². The molecule has 2 heterocycles. The minimum atomic E-state index is -3.74. The summed E-state index contributed by atoms with van der Waals surface area (Å²) in [6.45, 7) is 4.67. The highest BCUT2D eigenvalue weighted by molar-refractivity contribution is 5.96. The molecule has 8 nitrogen and oxygen atoms in total. The first kappa shape index (κ1) is 18.6. The first-order valence-electron chi connectivity index (χ1n) is 7.99. The summed E-state index contributed by atoms with van der Waals surface area (Å²) in [7, 11) is 0. The lowest BCUT2D eigenvalue weighted by atomic mass is 10.1. The number of fused-ring (bicyclic) bond motifs is 1. The predicted octanol–water partition coefficient (Wildman–Crippen LogP) is 3.22. The van der Waals surface area contributed by atoms with Crippen molar-refractivity contribution in [2.45, 2.75) is 33.0 Å². The fraction of sp³-hybridized carbons (Fsp3) is 0.353. The maximum atomic E-state index is 13.0. The van der Waals surface area contributed by atoms with E-state index in [1.807, 2.05) is 13.8 Å². The van der Waals surface area contributed by atoms with E-state index in [1.54, 1.807) is 6.92 Å². The average molecular weight is 382 g/mol. The van der Waals surface area contributed by atoms with Gasteiger partial charge in [0.1, 0.15) is 5.56 Å². The van der Waals surface area contributed by atoms with Crippen molar-refractivity contribution >= 4 is 17.6 Å². The number of alkyl halides is 2. The minimum absolute atomic E-state index is 0.0886. The second-order valence-corrected chi connectivity index (χ2v) is 6.12. The highest BCUT2D eigenvalue weighted by atomic mass is 19.3. The molecule has 1 amide bonds. The number of halogens is 2. The van der Waals surface area contributed by atoms with Gasteiger partial charge in [-0.25, -0.2) is 4.79 Å². The van der Waals surface area contributed by atoms with Crippen LogP contribution >= 0.6 is 0 Å². The SMILES string of the molecule is Cc1noc(C(C)C)c1C(=O)OCC(=O)Nc1ccc2c(c1)OC(F)(F)O2. The fourth-order valence-corrected chi connectivity index (χ4v) is 2.46. The summed E-state index contributed by atoms with van der Waals surface area (Å²) in [5.41, 5.74) is 0.726. The van der Waals surface area contributed by atoms with Gasteiger partial charge in [-0.05, 0) is 19.1 Å². The van der Waals surface area contributed by atoms with Gasteiger partial charge < -0.3 is 24.1 Å². The van der Waals surface area contributed by atoms with Gasteiger partial charge in [0.15, 0.2) is 23.9 Å². The number of nitrogens with zero attached hydrogens (tertiary/aromatic N) is 1. The largest absolute Gasteiger partial charge is 0.586 e. The molecule has 1 N–H and O–H groups in total. The zero-order chi connectivity index (χ0) is 19.8. The molecule has 3 rings (SSSR count). The van der Waals surface area contributed by atoms with Crippen molar-refractivity contribution in [3.8, 4) is 11.5 Å². The molecule has 1 aliphatic heterocycles. The van der Waals surface area contributed by atoms with E-state index in [0.29, 0.717) is 11.5 Å². The van der Waals surface area contributed by atoms with Gasteiger partial charge in [0.05, 0.1) is 5.69 Å². The van der Waals surface area contributed by atoms with Crippen molar-refractivity contribution in [1.29, 1.82) is 0 Å². The minimum Gasteiger partial charge on any atom is -0.452 e. The quantitative estimate of drug-likeness (QED) is 0.793. The van der Waals surface area contributed by atoms with E-state index in [-0.39, 0.29) is 28.7 Å². The van der Waals surface area contributed by atoms with Crippen LogP contribution in [0.3, 0.4) is 0 Å². The standard InChI is InChI=1S/C17H16F2N2O6/c1-8(2)15-14(9(3)21-27-15)16(23)24-7-13(22)20-10-4-5-11-12(6-10)26-17(18,19)25-11/h4-6,8H,7H2,1-3H3,(H,20,22). The monoisotopic (exact) mass is 382 g/mol. The van der Waals surface area contributed by atoms with E-state index < -0.39 is 24.8 Å². The Morgan fingerprint density at radius 2 is 1.96 bits per heavy atom. The summed E-state index contributed by atoms with van der Waals surface area (Å²) in [4.78, 5) is 24.2. The average Bonchev–Trinajstić information content (AvgIpc) is 3.10. The Morgan fingerprint density at radius 1 is 1.26 bits per heavy atom. The topological polar surface area (TPSA) is 99.9 Å². The van der Waals surface area contributed by atoms with Gasteiger partial charge in [0, 0.05) is 17.7 Å².